The van der Waals surface area contributed by atoms with Gasteiger partial charge in [-0.1, -0.05) is 27.2 Å². The van der Waals surface area contributed by atoms with E-state index in [2.05, 4.69) is 5.32 Å². The summed E-state index contributed by atoms with van der Waals surface area (Å²) in [5.74, 6) is -0.367. The first kappa shape index (κ1) is 9.23. The van der Waals surface area contributed by atoms with Gasteiger partial charge in [-0.2, -0.15) is 0 Å². The Morgan fingerprint density at radius 1 is 1.50 bits per heavy atom. The lowest BCUT2D eigenvalue weighted by Crippen LogP contribution is -2.30. The average molecular weight is 169 g/mol. The van der Waals surface area contributed by atoms with Gasteiger partial charge in [0.1, 0.15) is 0 Å². The molecule has 1 fully saturated rings. The Hall–Kier alpha value is -0.860. The predicted molar refractivity (Wildman–Crippen MR) is 45.3 cm³/mol. The molecule has 12 heavy (non-hydrogen) atoms. The molecule has 0 aromatic carbocycles. The van der Waals surface area contributed by atoms with Crippen LogP contribution in [0.2, 0.25) is 0 Å². The van der Waals surface area contributed by atoms with E-state index in [1.807, 2.05) is 20.8 Å². The molecule has 0 radical (unpaired) electrons. The van der Waals surface area contributed by atoms with Crippen molar-refractivity contribution in [3.8, 4) is 0 Å². The molecule has 1 aliphatic heterocycles. The first-order valence-electron chi connectivity index (χ1n) is 4.31. The van der Waals surface area contributed by atoms with Crippen LogP contribution in [-0.4, -0.2) is 11.8 Å². The van der Waals surface area contributed by atoms with E-state index in [4.69, 9.17) is 0 Å². The molecule has 1 atom stereocenters. The van der Waals surface area contributed by atoms with E-state index in [-0.39, 0.29) is 23.1 Å². The monoisotopic (exact) mass is 169 g/mol. The maximum atomic E-state index is 11.3. The van der Waals surface area contributed by atoms with Crippen molar-refractivity contribution in [1.29, 1.82) is 0 Å². The SMILES string of the molecule is CCC(C)(C)C1CC(=O)NC1=O. The van der Waals surface area contributed by atoms with Crippen LogP contribution in [0.3, 0.4) is 0 Å². The second-order valence-corrected chi connectivity index (χ2v) is 4.01. The van der Waals surface area contributed by atoms with Gasteiger partial charge < -0.3 is 0 Å². The van der Waals surface area contributed by atoms with Crippen molar-refractivity contribution in [1.82, 2.24) is 5.32 Å². The van der Waals surface area contributed by atoms with Crippen LogP contribution in [0.15, 0.2) is 0 Å². The summed E-state index contributed by atoms with van der Waals surface area (Å²) in [6.45, 7) is 6.09. The van der Waals surface area contributed by atoms with Gasteiger partial charge in [0.2, 0.25) is 11.8 Å². The summed E-state index contributed by atoms with van der Waals surface area (Å²) < 4.78 is 0. The molecular formula is C9H15NO2. The Morgan fingerprint density at radius 2 is 2.08 bits per heavy atom. The molecule has 0 aromatic rings. The molecule has 1 N–H and O–H groups in total. The van der Waals surface area contributed by atoms with E-state index in [0.29, 0.717) is 6.42 Å². The number of rotatable bonds is 2. The number of amides is 2. The highest BCUT2D eigenvalue weighted by Gasteiger charge is 2.40. The van der Waals surface area contributed by atoms with Crippen LogP contribution in [0, 0.1) is 11.3 Å². The molecule has 1 rings (SSSR count). The molecule has 0 bridgehead atoms. The number of hydrogen-bond donors (Lipinski definition) is 1. The lowest BCUT2D eigenvalue weighted by molar-refractivity contribution is -0.127. The van der Waals surface area contributed by atoms with Crippen LogP contribution in [0.1, 0.15) is 33.6 Å². The van der Waals surface area contributed by atoms with Gasteiger partial charge in [0.05, 0.1) is 5.92 Å². The third-order valence-electron chi connectivity index (χ3n) is 2.82. The zero-order valence-electron chi connectivity index (χ0n) is 7.81. The number of imide groups is 1. The van der Waals surface area contributed by atoms with Gasteiger partial charge in [0.25, 0.3) is 0 Å². The third-order valence-corrected chi connectivity index (χ3v) is 2.82. The zero-order chi connectivity index (χ0) is 9.35. The molecule has 3 nitrogen and oxygen atoms in total. The highest BCUT2D eigenvalue weighted by atomic mass is 16.2. The minimum absolute atomic E-state index is 0.0593. The molecule has 3 heteroatoms. The standard InChI is InChI=1S/C9H15NO2/c1-4-9(2,3)6-5-7(11)10-8(6)12/h6H,4-5H2,1-3H3,(H,10,11,12). The van der Waals surface area contributed by atoms with E-state index in [9.17, 15) is 9.59 Å². The summed E-state index contributed by atoms with van der Waals surface area (Å²) in [7, 11) is 0. The van der Waals surface area contributed by atoms with Crippen molar-refractivity contribution < 1.29 is 9.59 Å². The lowest BCUT2D eigenvalue weighted by atomic mass is 9.76. The van der Waals surface area contributed by atoms with E-state index >= 15 is 0 Å². The molecular weight excluding hydrogens is 154 g/mol. The topological polar surface area (TPSA) is 46.2 Å². The van der Waals surface area contributed by atoms with Crippen LogP contribution >= 0.6 is 0 Å². The first-order valence-corrected chi connectivity index (χ1v) is 4.31. The van der Waals surface area contributed by atoms with Crippen molar-refractivity contribution >= 4 is 11.8 Å². The van der Waals surface area contributed by atoms with Gasteiger partial charge in [0, 0.05) is 6.42 Å². The van der Waals surface area contributed by atoms with Crippen LogP contribution < -0.4 is 5.32 Å². The van der Waals surface area contributed by atoms with E-state index in [1.165, 1.54) is 0 Å². The molecule has 1 unspecified atom stereocenters. The molecule has 1 heterocycles. The predicted octanol–water partition coefficient (Wildman–Crippen LogP) is 1.09. The molecule has 68 valence electrons. The second-order valence-electron chi connectivity index (χ2n) is 4.01. The molecule has 1 aliphatic rings. The molecule has 1 saturated heterocycles. The molecule has 0 aliphatic carbocycles. The first-order chi connectivity index (χ1) is 5.47. The van der Waals surface area contributed by atoms with Crippen LogP contribution in [0.4, 0.5) is 0 Å². The number of hydrogen-bond acceptors (Lipinski definition) is 2. The second kappa shape index (κ2) is 2.88. The highest BCUT2D eigenvalue weighted by molar-refractivity contribution is 6.03. The summed E-state index contributed by atoms with van der Waals surface area (Å²) in [5.41, 5.74) is -0.0593. The number of nitrogens with one attached hydrogen (secondary N) is 1. The minimum Gasteiger partial charge on any atom is -0.296 e. The number of carbonyl (C=O) groups is 2. The van der Waals surface area contributed by atoms with E-state index in [0.717, 1.165) is 6.42 Å². The van der Waals surface area contributed by atoms with Crippen LogP contribution in [0.5, 0.6) is 0 Å². The average Bonchev–Trinajstić information content (AvgIpc) is 2.31. The Balaban J connectivity index is 2.76. The zero-order valence-corrected chi connectivity index (χ0v) is 7.81. The maximum Gasteiger partial charge on any atom is 0.230 e. The highest BCUT2D eigenvalue weighted by Crippen LogP contribution is 2.35. The van der Waals surface area contributed by atoms with Crippen molar-refractivity contribution in [3.05, 3.63) is 0 Å². The molecule has 2 amide bonds. The summed E-state index contributed by atoms with van der Waals surface area (Å²) in [4.78, 5) is 22.2. The van der Waals surface area contributed by atoms with Gasteiger partial charge in [-0.25, -0.2) is 0 Å². The molecule has 0 spiro atoms. The quantitative estimate of drug-likeness (QED) is 0.629. The van der Waals surface area contributed by atoms with Gasteiger partial charge >= 0.3 is 0 Å². The van der Waals surface area contributed by atoms with Gasteiger partial charge in [-0.15, -0.1) is 0 Å². The Morgan fingerprint density at radius 3 is 2.42 bits per heavy atom. The van der Waals surface area contributed by atoms with E-state index in [1.54, 1.807) is 0 Å². The van der Waals surface area contributed by atoms with Crippen molar-refractivity contribution in [3.63, 3.8) is 0 Å². The Labute approximate surface area is 72.5 Å². The number of carbonyl (C=O) groups excluding carboxylic acids is 2. The fourth-order valence-electron chi connectivity index (χ4n) is 1.43. The van der Waals surface area contributed by atoms with Crippen LogP contribution in [0.25, 0.3) is 0 Å². The minimum atomic E-state index is -0.133. The van der Waals surface area contributed by atoms with Gasteiger partial charge in [-0.05, 0) is 5.41 Å². The summed E-state index contributed by atoms with van der Waals surface area (Å²) in [5, 5.41) is 2.33. The summed E-state index contributed by atoms with van der Waals surface area (Å²) in [6.07, 6.45) is 1.28. The third kappa shape index (κ3) is 1.49. The van der Waals surface area contributed by atoms with Gasteiger partial charge in [-0.3, -0.25) is 14.9 Å². The lowest BCUT2D eigenvalue weighted by Gasteiger charge is -2.27. The van der Waals surface area contributed by atoms with Gasteiger partial charge in [0.15, 0.2) is 0 Å². The molecule has 0 saturated carbocycles. The smallest absolute Gasteiger partial charge is 0.230 e. The molecule has 0 aromatic heterocycles. The Kier molecular flexibility index (Phi) is 2.22. The summed E-state index contributed by atoms with van der Waals surface area (Å²) >= 11 is 0. The summed E-state index contributed by atoms with van der Waals surface area (Å²) in [6, 6.07) is 0. The Bertz CT molecular complexity index is 221. The fraction of sp³-hybridized carbons (Fsp3) is 0.778. The fourth-order valence-corrected chi connectivity index (χ4v) is 1.43. The van der Waals surface area contributed by atoms with Crippen molar-refractivity contribution in [2.24, 2.45) is 11.3 Å². The van der Waals surface area contributed by atoms with Crippen molar-refractivity contribution in [2.75, 3.05) is 0 Å². The normalized spacial score (nSPS) is 24.4. The maximum absolute atomic E-state index is 11.3. The largest absolute Gasteiger partial charge is 0.296 e. The van der Waals surface area contributed by atoms with Crippen LogP contribution in [-0.2, 0) is 9.59 Å². The van der Waals surface area contributed by atoms with Crippen molar-refractivity contribution in [2.45, 2.75) is 33.6 Å². The van der Waals surface area contributed by atoms with E-state index < -0.39 is 0 Å².